The smallest absolute Gasteiger partial charge is 0.266 e. The number of carbonyl (C=O) groups excluding carboxylic acids is 2. The van der Waals surface area contributed by atoms with Gasteiger partial charge in [0, 0.05) is 24.7 Å². The van der Waals surface area contributed by atoms with Crippen LogP contribution in [-0.4, -0.2) is 41.7 Å². The van der Waals surface area contributed by atoms with Crippen LogP contribution in [0, 0.1) is 11.6 Å². The number of rotatable bonds is 8. The fraction of sp³-hybridized carbons (Fsp3) is 0.156. The molecule has 0 aromatic heterocycles. The minimum atomic E-state index is -1.62. The number of ether oxygens (including phenoxy) is 1. The van der Waals surface area contributed by atoms with Gasteiger partial charge >= 0.3 is 0 Å². The molecule has 0 atom stereocenters. The normalized spacial score (nSPS) is 14.1. The summed E-state index contributed by atoms with van der Waals surface area (Å²) < 4.78 is 32.9. The maximum Gasteiger partial charge on any atom is 0.266 e. The van der Waals surface area contributed by atoms with Crippen LogP contribution in [0.4, 0.5) is 8.78 Å². The lowest BCUT2D eigenvalue weighted by molar-refractivity contribution is -0.130. The van der Waals surface area contributed by atoms with E-state index in [9.17, 15) is 18.4 Å². The molecule has 5 rings (SSSR count). The summed E-state index contributed by atoms with van der Waals surface area (Å²) in [4.78, 5) is 34.8. The first-order valence-electron chi connectivity index (χ1n) is 12.9. The van der Waals surface area contributed by atoms with Crippen LogP contribution in [0.3, 0.4) is 0 Å². The quantitative estimate of drug-likeness (QED) is 0.338. The summed E-state index contributed by atoms with van der Waals surface area (Å²) in [7, 11) is 3.29. The molecule has 1 aliphatic heterocycles. The molecule has 7 nitrogen and oxygen atoms in total. The third-order valence-electron chi connectivity index (χ3n) is 7.10. The van der Waals surface area contributed by atoms with Crippen LogP contribution in [-0.2, 0) is 23.4 Å². The molecule has 1 aliphatic rings. The van der Waals surface area contributed by atoms with Crippen molar-refractivity contribution in [1.82, 2.24) is 9.80 Å². The van der Waals surface area contributed by atoms with Gasteiger partial charge in [-0.1, -0.05) is 54.6 Å². The number of nitrogens with two attached hydrogens (primary N) is 1. The minimum absolute atomic E-state index is 0.0373. The molecule has 0 aliphatic carbocycles. The van der Waals surface area contributed by atoms with Crippen molar-refractivity contribution in [3.63, 3.8) is 0 Å². The van der Waals surface area contributed by atoms with Gasteiger partial charge in [0.25, 0.3) is 11.8 Å². The fourth-order valence-corrected chi connectivity index (χ4v) is 5.02. The van der Waals surface area contributed by atoms with E-state index < -0.39 is 23.1 Å². The van der Waals surface area contributed by atoms with E-state index in [0.717, 1.165) is 5.56 Å². The van der Waals surface area contributed by atoms with Gasteiger partial charge in [-0.2, -0.15) is 0 Å². The first-order valence-corrected chi connectivity index (χ1v) is 12.9. The summed E-state index contributed by atoms with van der Waals surface area (Å²) >= 11 is 0. The van der Waals surface area contributed by atoms with E-state index >= 15 is 0 Å². The van der Waals surface area contributed by atoms with Gasteiger partial charge in [-0.3, -0.25) is 14.5 Å². The molecule has 0 bridgehead atoms. The number of aliphatic imine (C=N–C) groups is 1. The molecule has 9 heteroatoms. The van der Waals surface area contributed by atoms with Crippen molar-refractivity contribution in [2.75, 3.05) is 14.2 Å². The molecule has 0 saturated carbocycles. The molecule has 4 aromatic carbocycles. The van der Waals surface area contributed by atoms with Gasteiger partial charge in [-0.25, -0.2) is 13.8 Å². The van der Waals surface area contributed by atoms with Crippen LogP contribution >= 0.6 is 0 Å². The van der Waals surface area contributed by atoms with Crippen LogP contribution in [0.5, 0.6) is 5.75 Å². The van der Waals surface area contributed by atoms with E-state index in [-0.39, 0.29) is 18.4 Å². The Bertz CT molecular complexity index is 1580. The molecule has 2 amide bonds. The second-order valence-corrected chi connectivity index (χ2v) is 9.76. The number of halogens is 2. The summed E-state index contributed by atoms with van der Waals surface area (Å²) in [6.07, 6.45) is 0. The monoisotopic (exact) mass is 554 g/mol. The maximum atomic E-state index is 14.1. The molecule has 0 saturated heterocycles. The topological polar surface area (TPSA) is 88.2 Å². The summed E-state index contributed by atoms with van der Waals surface area (Å²) in [6, 6.07) is 25.2. The van der Waals surface area contributed by atoms with Gasteiger partial charge in [-0.05, 0) is 59.2 Å². The molecule has 4 aromatic rings. The first-order chi connectivity index (χ1) is 19.7. The Morgan fingerprint density at radius 3 is 2.15 bits per heavy atom. The van der Waals surface area contributed by atoms with Gasteiger partial charge in [0.05, 0.1) is 13.7 Å². The Hall–Kier alpha value is -5.05. The summed E-state index contributed by atoms with van der Waals surface area (Å²) in [5, 5.41) is 0. The second kappa shape index (κ2) is 11.2. The van der Waals surface area contributed by atoms with Crippen molar-refractivity contribution < 1.29 is 23.1 Å². The van der Waals surface area contributed by atoms with E-state index in [1.807, 2.05) is 24.3 Å². The average molecular weight is 555 g/mol. The number of amides is 2. The van der Waals surface area contributed by atoms with Gasteiger partial charge < -0.3 is 15.4 Å². The zero-order chi connectivity index (χ0) is 29.1. The number of nitrogens with zero attached hydrogens (tertiary/aromatic N) is 3. The molecule has 1 heterocycles. The molecular weight excluding hydrogens is 526 g/mol. The Kier molecular flexibility index (Phi) is 7.52. The second-order valence-electron chi connectivity index (χ2n) is 9.76. The molecular formula is C32H28F2N4O3. The first kappa shape index (κ1) is 27.5. The van der Waals surface area contributed by atoms with Crippen LogP contribution < -0.4 is 10.5 Å². The van der Waals surface area contributed by atoms with Crippen molar-refractivity contribution in [3.8, 4) is 5.75 Å². The highest BCUT2D eigenvalue weighted by Gasteiger charge is 2.50. The highest BCUT2D eigenvalue weighted by atomic mass is 19.1. The lowest BCUT2D eigenvalue weighted by atomic mass is 9.82. The van der Waals surface area contributed by atoms with Crippen molar-refractivity contribution in [2.24, 2.45) is 10.7 Å². The summed E-state index contributed by atoms with van der Waals surface area (Å²) in [5.41, 5.74) is 7.43. The standard InChI is InChI=1S/C32H28F2N4O3/c1-37(20-23-7-3-4-9-28(23)41-2)29(39)22-8-5-6-21(18-22)19-38-30(40)32(36-31(38)35,24-10-14-26(33)15-11-24)25-12-16-27(34)17-13-25/h3-18H,19-20H2,1-2H3,(H2,35,36). The highest BCUT2D eigenvalue weighted by Crippen LogP contribution is 2.40. The lowest BCUT2D eigenvalue weighted by Crippen LogP contribution is -2.43. The van der Waals surface area contributed by atoms with E-state index in [4.69, 9.17) is 10.5 Å². The van der Waals surface area contributed by atoms with Crippen LogP contribution in [0.2, 0.25) is 0 Å². The number of methoxy groups -OCH3 is 1. The van der Waals surface area contributed by atoms with E-state index in [1.165, 1.54) is 53.4 Å². The third-order valence-corrected chi connectivity index (χ3v) is 7.10. The SMILES string of the molecule is COc1ccccc1CN(C)C(=O)c1cccc(CN2C(=O)C(c3ccc(F)cc3)(c3ccc(F)cc3)N=C2N)c1. The highest BCUT2D eigenvalue weighted by molar-refractivity contribution is 6.09. The molecule has 0 radical (unpaired) electrons. The number of hydrogen-bond donors (Lipinski definition) is 1. The predicted octanol–water partition coefficient (Wildman–Crippen LogP) is 4.85. The Morgan fingerprint density at radius 2 is 1.54 bits per heavy atom. The van der Waals surface area contributed by atoms with Crippen LogP contribution in [0.1, 0.15) is 32.6 Å². The third kappa shape index (κ3) is 5.26. The van der Waals surface area contributed by atoms with E-state index in [2.05, 4.69) is 4.99 Å². The number of para-hydroxylation sites is 1. The molecule has 0 fully saturated rings. The average Bonchev–Trinajstić information content (AvgIpc) is 3.23. The molecule has 41 heavy (non-hydrogen) atoms. The molecule has 0 unspecified atom stereocenters. The fourth-order valence-electron chi connectivity index (χ4n) is 5.02. The van der Waals surface area contributed by atoms with Crippen molar-refractivity contribution in [1.29, 1.82) is 0 Å². The molecule has 208 valence electrons. The zero-order valence-corrected chi connectivity index (χ0v) is 22.6. The van der Waals surface area contributed by atoms with Crippen LogP contribution in [0.25, 0.3) is 0 Å². The minimum Gasteiger partial charge on any atom is -0.496 e. The number of hydrogen-bond acceptors (Lipinski definition) is 5. The largest absolute Gasteiger partial charge is 0.496 e. The lowest BCUT2D eigenvalue weighted by Gasteiger charge is -2.27. The van der Waals surface area contributed by atoms with Crippen molar-refractivity contribution in [2.45, 2.75) is 18.6 Å². The van der Waals surface area contributed by atoms with Gasteiger partial charge in [-0.15, -0.1) is 0 Å². The van der Waals surface area contributed by atoms with Crippen molar-refractivity contribution in [3.05, 3.63) is 137 Å². The van der Waals surface area contributed by atoms with Crippen molar-refractivity contribution >= 4 is 17.8 Å². The molecule has 0 spiro atoms. The summed E-state index contributed by atoms with van der Waals surface area (Å²) in [6.45, 7) is 0.380. The molecule has 2 N–H and O–H groups in total. The number of guanidine groups is 1. The maximum absolute atomic E-state index is 14.1. The Morgan fingerprint density at radius 1 is 0.927 bits per heavy atom. The Labute approximate surface area is 236 Å². The van der Waals surface area contributed by atoms with Gasteiger partial charge in [0.2, 0.25) is 0 Å². The Balaban J connectivity index is 1.42. The van der Waals surface area contributed by atoms with Gasteiger partial charge in [0.15, 0.2) is 11.5 Å². The number of benzene rings is 4. The summed E-state index contributed by atoms with van der Waals surface area (Å²) in [5.74, 6) is -0.987. The van der Waals surface area contributed by atoms with Gasteiger partial charge in [0.1, 0.15) is 17.4 Å². The van der Waals surface area contributed by atoms with Crippen LogP contribution in [0.15, 0.2) is 102 Å². The number of carbonyl (C=O) groups is 2. The van der Waals surface area contributed by atoms with E-state index in [1.54, 1.807) is 43.3 Å². The zero-order valence-electron chi connectivity index (χ0n) is 22.6. The van der Waals surface area contributed by atoms with E-state index in [0.29, 0.717) is 34.5 Å². The predicted molar refractivity (Wildman–Crippen MR) is 151 cm³/mol.